The van der Waals surface area contributed by atoms with Crippen molar-refractivity contribution >= 4 is 17.0 Å². The molecule has 0 bridgehead atoms. The molecule has 0 saturated carbocycles. The van der Waals surface area contributed by atoms with Gasteiger partial charge in [-0.1, -0.05) is 30.3 Å². The van der Waals surface area contributed by atoms with E-state index in [1.165, 1.54) is 0 Å². The van der Waals surface area contributed by atoms with Crippen molar-refractivity contribution in [1.82, 2.24) is 9.97 Å². The SMILES string of the molecule is CCOC(=O)c1nc2cc(C)c(C)cc2nc1-c1ccccc1. The number of carbonyl (C=O) groups is 1. The number of hydrogen-bond donors (Lipinski definition) is 0. The molecule has 4 heteroatoms. The Labute approximate surface area is 135 Å². The van der Waals surface area contributed by atoms with E-state index >= 15 is 0 Å². The quantitative estimate of drug-likeness (QED) is 0.684. The standard InChI is InChI=1S/C19H18N2O2/c1-4-23-19(22)18-17(14-8-6-5-7-9-14)20-15-10-12(2)13(3)11-16(15)21-18/h5-11H,4H2,1-3H3. The molecule has 116 valence electrons. The average Bonchev–Trinajstić information content (AvgIpc) is 2.56. The van der Waals surface area contributed by atoms with Gasteiger partial charge in [0.15, 0.2) is 5.69 Å². The molecule has 4 nitrogen and oxygen atoms in total. The van der Waals surface area contributed by atoms with Gasteiger partial charge in [0.1, 0.15) is 5.69 Å². The van der Waals surface area contributed by atoms with Crippen molar-refractivity contribution in [3.63, 3.8) is 0 Å². The zero-order valence-electron chi connectivity index (χ0n) is 13.5. The summed E-state index contributed by atoms with van der Waals surface area (Å²) in [7, 11) is 0. The van der Waals surface area contributed by atoms with Crippen LogP contribution in [0.4, 0.5) is 0 Å². The lowest BCUT2D eigenvalue weighted by molar-refractivity contribution is 0.0520. The molecule has 0 atom stereocenters. The molecule has 2 aromatic carbocycles. The Morgan fingerprint density at radius 3 is 2.22 bits per heavy atom. The number of aromatic nitrogens is 2. The molecular weight excluding hydrogens is 288 g/mol. The van der Waals surface area contributed by atoms with Gasteiger partial charge in [-0.05, 0) is 44.0 Å². The highest BCUT2D eigenvalue weighted by Gasteiger charge is 2.19. The lowest BCUT2D eigenvalue weighted by Crippen LogP contribution is -2.11. The van der Waals surface area contributed by atoms with Gasteiger partial charge in [0.2, 0.25) is 0 Å². The van der Waals surface area contributed by atoms with Gasteiger partial charge in [-0.3, -0.25) is 0 Å². The van der Waals surface area contributed by atoms with Gasteiger partial charge in [0.05, 0.1) is 17.6 Å². The fraction of sp³-hybridized carbons (Fsp3) is 0.211. The first-order chi connectivity index (χ1) is 11.1. The van der Waals surface area contributed by atoms with E-state index in [4.69, 9.17) is 4.74 Å². The number of hydrogen-bond acceptors (Lipinski definition) is 4. The molecule has 0 aliphatic heterocycles. The molecule has 3 aromatic rings. The Kier molecular flexibility index (Phi) is 4.06. The number of esters is 1. The molecule has 1 aromatic heterocycles. The summed E-state index contributed by atoms with van der Waals surface area (Å²) in [5.41, 5.74) is 5.41. The molecule has 0 radical (unpaired) electrons. The maximum atomic E-state index is 12.3. The summed E-state index contributed by atoms with van der Waals surface area (Å²) in [5, 5.41) is 0. The fourth-order valence-corrected chi connectivity index (χ4v) is 2.45. The van der Waals surface area contributed by atoms with E-state index in [1.54, 1.807) is 6.92 Å². The minimum Gasteiger partial charge on any atom is -0.461 e. The van der Waals surface area contributed by atoms with Crippen LogP contribution in [0.15, 0.2) is 42.5 Å². The number of aryl methyl sites for hydroxylation is 2. The third-order valence-electron chi connectivity index (χ3n) is 3.80. The Balaban J connectivity index is 2.28. The maximum Gasteiger partial charge on any atom is 0.359 e. The van der Waals surface area contributed by atoms with Gasteiger partial charge in [0, 0.05) is 5.56 Å². The smallest absolute Gasteiger partial charge is 0.359 e. The second-order valence-corrected chi connectivity index (χ2v) is 5.43. The van der Waals surface area contributed by atoms with E-state index in [9.17, 15) is 4.79 Å². The fourth-order valence-electron chi connectivity index (χ4n) is 2.45. The average molecular weight is 306 g/mol. The van der Waals surface area contributed by atoms with Crippen LogP contribution in [-0.4, -0.2) is 22.5 Å². The third kappa shape index (κ3) is 2.93. The van der Waals surface area contributed by atoms with Crippen LogP contribution >= 0.6 is 0 Å². The summed E-state index contributed by atoms with van der Waals surface area (Å²) in [6.45, 7) is 6.14. The van der Waals surface area contributed by atoms with Crippen LogP contribution in [0.25, 0.3) is 22.3 Å². The van der Waals surface area contributed by atoms with Crippen LogP contribution in [-0.2, 0) is 4.74 Å². The van der Waals surface area contributed by atoms with Crippen molar-refractivity contribution in [3.05, 3.63) is 59.3 Å². The summed E-state index contributed by atoms with van der Waals surface area (Å²) in [4.78, 5) is 21.5. The highest BCUT2D eigenvalue weighted by atomic mass is 16.5. The molecule has 3 rings (SSSR count). The molecule has 0 aliphatic rings. The number of ether oxygens (including phenoxy) is 1. The Hall–Kier alpha value is -2.75. The highest BCUT2D eigenvalue weighted by Crippen LogP contribution is 2.25. The van der Waals surface area contributed by atoms with E-state index in [0.717, 1.165) is 22.2 Å². The zero-order valence-corrected chi connectivity index (χ0v) is 13.5. The number of rotatable bonds is 3. The molecule has 0 aliphatic carbocycles. The molecule has 1 heterocycles. The first-order valence-electron chi connectivity index (χ1n) is 7.61. The van der Waals surface area contributed by atoms with E-state index in [2.05, 4.69) is 9.97 Å². The van der Waals surface area contributed by atoms with Gasteiger partial charge in [-0.2, -0.15) is 0 Å². The van der Waals surface area contributed by atoms with Crippen LogP contribution in [0.3, 0.4) is 0 Å². The van der Waals surface area contributed by atoms with Crippen molar-refractivity contribution in [3.8, 4) is 11.3 Å². The van der Waals surface area contributed by atoms with Crippen molar-refractivity contribution in [2.45, 2.75) is 20.8 Å². The normalized spacial score (nSPS) is 10.7. The lowest BCUT2D eigenvalue weighted by atomic mass is 10.1. The number of nitrogens with zero attached hydrogens (tertiary/aromatic N) is 2. The molecule has 23 heavy (non-hydrogen) atoms. The van der Waals surface area contributed by atoms with E-state index in [0.29, 0.717) is 17.8 Å². The summed E-state index contributed by atoms with van der Waals surface area (Å²) < 4.78 is 5.15. The van der Waals surface area contributed by atoms with Crippen molar-refractivity contribution < 1.29 is 9.53 Å². The van der Waals surface area contributed by atoms with Crippen molar-refractivity contribution in [2.75, 3.05) is 6.61 Å². The highest BCUT2D eigenvalue weighted by molar-refractivity contribution is 5.96. The zero-order chi connectivity index (χ0) is 16.4. The summed E-state index contributed by atoms with van der Waals surface area (Å²) >= 11 is 0. The summed E-state index contributed by atoms with van der Waals surface area (Å²) in [5.74, 6) is -0.445. The Bertz CT molecular complexity index is 873. The first kappa shape index (κ1) is 15.2. The Morgan fingerprint density at radius 2 is 1.61 bits per heavy atom. The molecule has 0 fully saturated rings. The largest absolute Gasteiger partial charge is 0.461 e. The van der Waals surface area contributed by atoms with Gasteiger partial charge < -0.3 is 4.74 Å². The van der Waals surface area contributed by atoms with Crippen molar-refractivity contribution in [1.29, 1.82) is 0 Å². The molecular formula is C19H18N2O2. The van der Waals surface area contributed by atoms with Gasteiger partial charge in [0.25, 0.3) is 0 Å². The lowest BCUT2D eigenvalue weighted by Gasteiger charge is -2.10. The number of fused-ring (bicyclic) bond motifs is 1. The second kappa shape index (κ2) is 6.16. The molecule has 0 unspecified atom stereocenters. The number of carbonyl (C=O) groups excluding carboxylic acids is 1. The number of benzene rings is 2. The summed E-state index contributed by atoms with van der Waals surface area (Å²) in [6.07, 6.45) is 0. The minimum atomic E-state index is -0.445. The second-order valence-electron chi connectivity index (χ2n) is 5.43. The van der Waals surface area contributed by atoms with Gasteiger partial charge in [-0.25, -0.2) is 14.8 Å². The topological polar surface area (TPSA) is 52.1 Å². The predicted molar refractivity (Wildman–Crippen MR) is 90.4 cm³/mol. The van der Waals surface area contributed by atoms with Crippen LogP contribution in [0.5, 0.6) is 0 Å². The van der Waals surface area contributed by atoms with Crippen LogP contribution < -0.4 is 0 Å². The molecule has 0 N–H and O–H groups in total. The van der Waals surface area contributed by atoms with Gasteiger partial charge >= 0.3 is 5.97 Å². The molecule has 0 amide bonds. The molecule has 0 saturated heterocycles. The third-order valence-corrected chi connectivity index (χ3v) is 3.80. The van der Waals surface area contributed by atoms with Crippen LogP contribution in [0, 0.1) is 13.8 Å². The van der Waals surface area contributed by atoms with E-state index < -0.39 is 5.97 Å². The maximum absolute atomic E-state index is 12.3. The van der Waals surface area contributed by atoms with E-state index in [1.807, 2.05) is 56.3 Å². The summed E-state index contributed by atoms with van der Waals surface area (Å²) in [6, 6.07) is 13.5. The van der Waals surface area contributed by atoms with Crippen molar-refractivity contribution in [2.24, 2.45) is 0 Å². The van der Waals surface area contributed by atoms with Crippen LogP contribution in [0.2, 0.25) is 0 Å². The van der Waals surface area contributed by atoms with Crippen LogP contribution in [0.1, 0.15) is 28.5 Å². The minimum absolute atomic E-state index is 0.258. The monoisotopic (exact) mass is 306 g/mol. The Morgan fingerprint density at radius 1 is 1.00 bits per heavy atom. The van der Waals surface area contributed by atoms with Gasteiger partial charge in [-0.15, -0.1) is 0 Å². The molecule has 0 spiro atoms. The van der Waals surface area contributed by atoms with E-state index in [-0.39, 0.29) is 5.69 Å². The first-order valence-corrected chi connectivity index (χ1v) is 7.61. The predicted octanol–water partition coefficient (Wildman–Crippen LogP) is 4.09.